The number of rotatable bonds is 4. The zero-order valence-corrected chi connectivity index (χ0v) is 13.5. The van der Waals surface area contributed by atoms with E-state index >= 15 is 0 Å². The van der Waals surface area contributed by atoms with Gasteiger partial charge in [0.2, 0.25) is 5.88 Å². The Morgan fingerprint density at radius 2 is 1.67 bits per heavy atom. The van der Waals surface area contributed by atoms with Crippen LogP contribution >= 0.6 is 0 Å². The second-order valence-corrected chi connectivity index (χ2v) is 5.41. The van der Waals surface area contributed by atoms with E-state index < -0.39 is 0 Å². The quantitative estimate of drug-likeness (QED) is 0.785. The minimum absolute atomic E-state index is 0.133. The molecule has 0 saturated carbocycles. The zero-order valence-electron chi connectivity index (χ0n) is 13.5. The van der Waals surface area contributed by atoms with Crippen molar-refractivity contribution >= 4 is 11.6 Å². The normalized spacial score (nSPS) is 10.2. The van der Waals surface area contributed by atoms with Crippen molar-refractivity contribution in [1.29, 1.82) is 0 Å². The number of ether oxygens (including phenoxy) is 1. The lowest BCUT2D eigenvalue weighted by atomic mass is 10.1. The van der Waals surface area contributed by atoms with Gasteiger partial charge in [-0.15, -0.1) is 5.10 Å². The number of aromatic nitrogens is 2. The summed E-state index contributed by atoms with van der Waals surface area (Å²) in [5.74, 6) is 0.922. The maximum atomic E-state index is 12.3. The molecule has 1 amide bonds. The molecule has 0 aliphatic carbocycles. The molecule has 5 nitrogen and oxygen atoms in total. The summed E-state index contributed by atoms with van der Waals surface area (Å²) in [6.45, 7) is 3.77. The van der Waals surface area contributed by atoms with Gasteiger partial charge in [0.1, 0.15) is 5.75 Å². The van der Waals surface area contributed by atoms with E-state index in [1.165, 1.54) is 0 Å². The summed E-state index contributed by atoms with van der Waals surface area (Å²) < 4.78 is 5.61. The lowest BCUT2D eigenvalue weighted by Gasteiger charge is -2.09. The fraction of sp³-hybridized carbons (Fsp3) is 0.105. The van der Waals surface area contributed by atoms with Gasteiger partial charge in [0.25, 0.3) is 5.91 Å². The molecule has 0 spiro atoms. The van der Waals surface area contributed by atoms with Crippen LogP contribution in [0.15, 0.2) is 60.7 Å². The van der Waals surface area contributed by atoms with Crippen LogP contribution in [0.4, 0.5) is 5.69 Å². The highest BCUT2D eigenvalue weighted by atomic mass is 16.5. The Balaban J connectivity index is 1.67. The number of hydrogen-bond acceptors (Lipinski definition) is 4. The number of hydrogen-bond donors (Lipinski definition) is 1. The van der Waals surface area contributed by atoms with Gasteiger partial charge in [-0.05, 0) is 55.8 Å². The highest BCUT2D eigenvalue weighted by molar-refractivity contribution is 6.05. The first-order valence-corrected chi connectivity index (χ1v) is 7.57. The zero-order chi connectivity index (χ0) is 16.9. The Labute approximate surface area is 140 Å². The topological polar surface area (TPSA) is 64.1 Å². The van der Waals surface area contributed by atoms with Crippen molar-refractivity contribution in [3.05, 3.63) is 77.5 Å². The molecule has 24 heavy (non-hydrogen) atoms. The molecule has 0 atom stereocenters. The van der Waals surface area contributed by atoms with Crippen molar-refractivity contribution in [2.45, 2.75) is 13.8 Å². The predicted molar refractivity (Wildman–Crippen MR) is 92.4 cm³/mol. The van der Waals surface area contributed by atoms with E-state index in [2.05, 4.69) is 15.5 Å². The Bertz CT molecular complexity index is 843. The molecule has 1 heterocycles. The van der Waals surface area contributed by atoms with Crippen LogP contribution in [-0.2, 0) is 0 Å². The van der Waals surface area contributed by atoms with Gasteiger partial charge in [-0.25, -0.2) is 0 Å². The van der Waals surface area contributed by atoms with Gasteiger partial charge in [-0.1, -0.05) is 18.2 Å². The summed E-state index contributed by atoms with van der Waals surface area (Å²) in [5.41, 5.74) is 3.13. The summed E-state index contributed by atoms with van der Waals surface area (Å²) >= 11 is 0. The van der Waals surface area contributed by atoms with Crippen molar-refractivity contribution in [3.8, 4) is 11.6 Å². The number of amides is 1. The number of carbonyl (C=O) groups is 1. The molecule has 0 bridgehead atoms. The molecule has 2 aromatic carbocycles. The number of anilines is 1. The fourth-order valence-corrected chi connectivity index (χ4v) is 2.19. The van der Waals surface area contributed by atoms with Gasteiger partial charge in [0, 0.05) is 17.3 Å². The molecule has 0 aliphatic heterocycles. The number of nitrogens with one attached hydrogen (secondary N) is 1. The molecule has 0 saturated heterocycles. The average Bonchev–Trinajstić information content (AvgIpc) is 2.59. The molecule has 3 aromatic rings. The van der Waals surface area contributed by atoms with Crippen LogP contribution in [0.1, 0.15) is 21.6 Å². The fourth-order valence-electron chi connectivity index (χ4n) is 2.19. The summed E-state index contributed by atoms with van der Waals surface area (Å²) in [4.78, 5) is 12.3. The van der Waals surface area contributed by atoms with Gasteiger partial charge < -0.3 is 10.1 Å². The van der Waals surface area contributed by atoms with Crippen molar-refractivity contribution in [1.82, 2.24) is 10.2 Å². The maximum Gasteiger partial charge on any atom is 0.255 e. The number of aryl methyl sites for hydroxylation is 2. The third-order valence-electron chi connectivity index (χ3n) is 3.50. The lowest BCUT2D eigenvalue weighted by molar-refractivity contribution is 0.102. The summed E-state index contributed by atoms with van der Waals surface area (Å²) in [5, 5.41) is 10.8. The predicted octanol–water partition coefficient (Wildman–Crippen LogP) is 4.14. The largest absolute Gasteiger partial charge is 0.438 e. The molecule has 5 heteroatoms. The minimum atomic E-state index is -0.133. The molecule has 120 valence electrons. The van der Waals surface area contributed by atoms with Crippen molar-refractivity contribution < 1.29 is 9.53 Å². The summed E-state index contributed by atoms with van der Waals surface area (Å²) in [6, 6.07) is 18.2. The minimum Gasteiger partial charge on any atom is -0.438 e. The Morgan fingerprint density at radius 3 is 2.33 bits per heavy atom. The van der Waals surface area contributed by atoms with E-state index in [0.717, 1.165) is 11.3 Å². The van der Waals surface area contributed by atoms with E-state index in [0.29, 0.717) is 22.9 Å². The van der Waals surface area contributed by atoms with Crippen molar-refractivity contribution in [2.24, 2.45) is 0 Å². The van der Waals surface area contributed by atoms with Gasteiger partial charge in [-0.3, -0.25) is 4.79 Å². The highest BCUT2D eigenvalue weighted by Gasteiger charge is 2.08. The van der Waals surface area contributed by atoms with Crippen molar-refractivity contribution in [3.63, 3.8) is 0 Å². The van der Waals surface area contributed by atoms with Crippen LogP contribution in [0.5, 0.6) is 11.6 Å². The lowest BCUT2D eigenvalue weighted by Crippen LogP contribution is -2.13. The average molecular weight is 319 g/mol. The van der Waals surface area contributed by atoms with Gasteiger partial charge in [0.05, 0.1) is 5.69 Å². The number of benzene rings is 2. The van der Waals surface area contributed by atoms with Crippen LogP contribution in [-0.4, -0.2) is 16.1 Å². The number of nitrogens with zero attached hydrogens (tertiary/aromatic N) is 2. The van der Waals surface area contributed by atoms with Gasteiger partial charge in [-0.2, -0.15) is 5.10 Å². The van der Waals surface area contributed by atoms with Crippen LogP contribution in [0.25, 0.3) is 0 Å². The Morgan fingerprint density at radius 1 is 0.917 bits per heavy atom. The molecule has 0 unspecified atom stereocenters. The maximum absolute atomic E-state index is 12.3. The molecule has 1 aromatic heterocycles. The smallest absolute Gasteiger partial charge is 0.255 e. The molecule has 0 fully saturated rings. The molecular formula is C19H17N3O2. The van der Waals surface area contributed by atoms with Crippen LogP contribution in [0, 0.1) is 13.8 Å². The van der Waals surface area contributed by atoms with E-state index in [-0.39, 0.29) is 5.91 Å². The third kappa shape index (κ3) is 3.76. The van der Waals surface area contributed by atoms with Crippen LogP contribution in [0.3, 0.4) is 0 Å². The van der Waals surface area contributed by atoms with E-state index in [4.69, 9.17) is 4.74 Å². The Hall–Kier alpha value is -3.21. The number of carbonyl (C=O) groups excluding carboxylic acids is 1. The first-order valence-electron chi connectivity index (χ1n) is 7.57. The second kappa shape index (κ2) is 6.91. The highest BCUT2D eigenvalue weighted by Crippen LogP contribution is 2.21. The molecule has 3 rings (SSSR count). The molecule has 0 radical (unpaired) electrons. The van der Waals surface area contributed by atoms with Gasteiger partial charge in [0.15, 0.2) is 0 Å². The molecular weight excluding hydrogens is 302 g/mol. The first kappa shape index (κ1) is 15.7. The van der Waals surface area contributed by atoms with E-state index in [9.17, 15) is 4.79 Å². The van der Waals surface area contributed by atoms with Gasteiger partial charge >= 0.3 is 0 Å². The van der Waals surface area contributed by atoms with Crippen molar-refractivity contribution in [2.75, 3.05) is 5.32 Å². The Kier molecular flexibility index (Phi) is 4.52. The summed E-state index contributed by atoms with van der Waals surface area (Å²) in [6.07, 6.45) is 0. The monoisotopic (exact) mass is 319 g/mol. The van der Waals surface area contributed by atoms with Crippen LogP contribution in [0.2, 0.25) is 0 Å². The SMILES string of the molecule is Cc1ccc(Oc2ccc(NC(=O)c3ccccc3C)cc2)nn1. The second-order valence-electron chi connectivity index (χ2n) is 5.41. The first-order chi connectivity index (χ1) is 11.6. The van der Waals surface area contributed by atoms with E-state index in [1.807, 2.05) is 38.1 Å². The van der Waals surface area contributed by atoms with E-state index in [1.54, 1.807) is 36.4 Å². The summed E-state index contributed by atoms with van der Waals surface area (Å²) in [7, 11) is 0. The third-order valence-corrected chi connectivity index (χ3v) is 3.50. The van der Waals surface area contributed by atoms with Crippen LogP contribution < -0.4 is 10.1 Å². The molecule has 0 aliphatic rings. The standard InChI is InChI=1S/C19H17N3O2/c1-13-5-3-4-6-17(13)19(23)20-15-8-10-16(11-9-15)24-18-12-7-14(2)21-22-18/h3-12H,1-2H3,(H,20,23). The molecule has 1 N–H and O–H groups in total.